The molecule has 3 heteroatoms. The predicted octanol–water partition coefficient (Wildman–Crippen LogP) is 2.41. The van der Waals surface area contributed by atoms with Gasteiger partial charge < -0.3 is 10.4 Å². The molecule has 1 aliphatic heterocycles. The van der Waals surface area contributed by atoms with E-state index in [2.05, 4.69) is 12.2 Å². The van der Waals surface area contributed by atoms with Crippen LogP contribution >= 0.6 is 0 Å². The van der Waals surface area contributed by atoms with Crippen molar-refractivity contribution in [3.63, 3.8) is 0 Å². The molecule has 1 aliphatic rings. The molecule has 1 rings (SSSR count). The number of unbranched alkanes of at least 4 members (excludes halogenated alkanes) is 3. The van der Waals surface area contributed by atoms with Crippen LogP contribution in [0.1, 0.15) is 51.9 Å². The molecule has 2 N–H and O–H groups in total. The summed E-state index contributed by atoms with van der Waals surface area (Å²) >= 11 is 0. The quantitative estimate of drug-likeness (QED) is 0.638. The number of rotatable bonds is 7. The van der Waals surface area contributed by atoms with Gasteiger partial charge in [-0.15, -0.1) is 0 Å². The molecule has 2 unspecified atom stereocenters. The van der Waals surface area contributed by atoms with Crippen LogP contribution in [0.2, 0.25) is 0 Å². The van der Waals surface area contributed by atoms with E-state index in [1.807, 2.05) is 0 Å². The molecule has 1 fully saturated rings. The van der Waals surface area contributed by atoms with E-state index < -0.39 is 5.97 Å². The van der Waals surface area contributed by atoms with Gasteiger partial charge in [0.1, 0.15) is 0 Å². The highest BCUT2D eigenvalue weighted by Gasteiger charge is 2.21. The summed E-state index contributed by atoms with van der Waals surface area (Å²) in [5, 5.41) is 12.0. The zero-order valence-corrected chi connectivity index (χ0v) is 9.67. The maximum atomic E-state index is 10.3. The highest BCUT2D eigenvalue weighted by atomic mass is 16.4. The van der Waals surface area contributed by atoms with Crippen LogP contribution in [0, 0.1) is 5.92 Å². The standard InChI is InChI=1S/C12H23NO2/c1-10-8-9-13-11(10)6-4-2-3-5-7-12(14)15/h10-11,13H,2-9H2,1H3,(H,14,15). The van der Waals surface area contributed by atoms with Crippen LogP contribution in [0.15, 0.2) is 0 Å². The largest absolute Gasteiger partial charge is 0.481 e. The molecule has 0 bridgehead atoms. The molecule has 0 amide bonds. The molecular formula is C12H23NO2. The summed E-state index contributed by atoms with van der Waals surface area (Å²) in [6.45, 7) is 3.49. The van der Waals surface area contributed by atoms with Crippen molar-refractivity contribution in [3.8, 4) is 0 Å². The first-order chi connectivity index (χ1) is 7.20. The van der Waals surface area contributed by atoms with E-state index in [1.165, 1.54) is 32.2 Å². The third-order valence-corrected chi connectivity index (χ3v) is 3.35. The van der Waals surface area contributed by atoms with Gasteiger partial charge in [-0.3, -0.25) is 4.79 Å². The van der Waals surface area contributed by atoms with Gasteiger partial charge >= 0.3 is 5.97 Å². The fourth-order valence-corrected chi connectivity index (χ4v) is 2.28. The first kappa shape index (κ1) is 12.5. The zero-order chi connectivity index (χ0) is 11.1. The molecule has 2 atom stereocenters. The molecule has 88 valence electrons. The van der Waals surface area contributed by atoms with Crippen molar-refractivity contribution < 1.29 is 9.90 Å². The summed E-state index contributed by atoms with van der Waals surface area (Å²) in [7, 11) is 0. The van der Waals surface area contributed by atoms with E-state index in [0.717, 1.165) is 18.8 Å². The summed E-state index contributed by atoms with van der Waals surface area (Å²) in [6.07, 6.45) is 7.21. The monoisotopic (exact) mass is 213 g/mol. The number of aliphatic carboxylic acids is 1. The van der Waals surface area contributed by atoms with Gasteiger partial charge in [-0.05, 0) is 31.7 Å². The van der Waals surface area contributed by atoms with Crippen LogP contribution in [-0.4, -0.2) is 23.7 Å². The highest BCUT2D eigenvalue weighted by Crippen LogP contribution is 2.19. The molecule has 0 aromatic heterocycles. The average Bonchev–Trinajstić information content (AvgIpc) is 2.57. The third kappa shape index (κ3) is 5.17. The van der Waals surface area contributed by atoms with Gasteiger partial charge in [0.15, 0.2) is 0 Å². The van der Waals surface area contributed by atoms with Gasteiger partial charge in [0.25, 0.3) is 0 Å². The molecule has 0 aromatic carbocycles. The lowest BCUT2D eigenvalue weighted by Crippen LogP contribution is -2.25. The average molecular weight is 213 g/mol. The topological polar surface area (TPSA) is 49.3 Å². The van der Waals surface area contributed by atoms with Crippen LogP contribution in [0.5, 0.6) is 0 Å². The molecular weight excluding hydrogens is 190 g/mol. The SMILES string of the molecule is CC1CCNC1CCCCCCC(=O)O. The minimum atomic E-state index is -0.666. The molecule has 15 heavy (non-hydrogen) atoms. The van der Waals surface area contributed by atoms with Crippen LogP contribution in [-0.2, 0) is 4.79 Å². The summed E-state index contributed by atoms with van der Waals surface area (Å²) in [5.41, 5.74) is 0. The maximum Gasteiger partial charge on any atom is 0.303 e. The molecule has 0 aromatic rings. The second kappa shape index (κ2) is 6.83. The van der Waals surface area contributed by atoms with Crippen LogP contribution < -0.4 is 5.32 Å². The number of hydrogen-bond acceptors (Lipinski definition) is 2. The lowest BCUT2D eigenvalue weighted by molar-refractivity contribution is -0.137. The Kier molecular flexibility index (Phi) is 5.69. The number of carboxylic acid groups (broad SMARTS) is 1. The summed E-state index contributed by atoms with van der Waals surface area (Å²) in [4.78, 5) is 10.3. The first-order valence-electron chi connectivity index (χ1n) is 6.15. The third-order valence-electron chi connectivity index (χ3n) is 3.35. The van der Waals surface area contributed by atoms with E-state index in [0.29, 0.717) is 12.5 Å². The van der Waals surface area contributed by atoms with Gasteiger partial charge in [-0.2, -0.15) is 0 Å². The van der Waals surface area contributed by atoms with Crippen molar-refractivity contribution in [3.05, 3.63) is 0 Å². The Labute approximate surface area is 92.3 Å². The molecule has 0 spiro atoms. The number of nitrogens with one attached hydrogen (secondary N) is 1. The molecule has 0 radical (unpaired) electrons. The van der Waals surface area contributed by atoms with Gasteiger partial charge in [0.2, 0.25) is 0 Å². The summed E-state index contributed by atoms with van der Waals surface area (Å²) < 4.78 is 0. The van der Waals surface area contributed by atoms with Crippen molar-refractivity contribution >= 4 is 5.97 Å². The number of carbonyl (C=O) groups is 1. The second-order valence-corrected chi connectivity index (χ2v) is 4.67. The van der Waals surface area contributed by atoms with Gasteiger partial charge in [0, 0.05) is 12.5 Å². The van der Waals surface area contributed by atoms with E-state index in [-0.39, 0.29) is 0 Å². The van der Waals surface area contributed by atoms with Crippen molar-refractivity contribution in [1.29, 1.82) is 0 Å². The Hall–Kier alpha value is -0.570. The van der Waals surface area contributed by atoms with Crippen molar-refractivity contribution in [1.82, 2.24) is 5.32 Å². The Morgan fingerprint density at radius 2 is 2.07 bits per heavy atom. The van der Waals surface area contributed by atoms with Crippen molar-refractivity contribution in [2.75, 3.05) is 6.54 Å². The zero-order valence-electron chi connectivity index (χ0n) is 9.67. The minimum absolute atomic E-state index is 0.331. The Morgan fingerprint density at radius 1 is 1.33 bits per heavy atom. The smallest absolute Gasteiger partial charge is 0.303 e. The summed E-state index contributed by atoms with van der Waals surface area (Å²) in [6, 6.07) is 0.712. The Bertz CT molecular complexity index is 194. The van der Waals surface area contributed by atoms with Crippen LogP contribution in [0.3, 0.4) is 0 Å². The Morgan fingerprint density at radius 3 is 2.67 bits per heavy atom. The maximum absolute atomic E-state index is 10.3. The molecule has 3 nitrogen and oxygen atoms in total. The minimum Gasteiger partial charge on any atom is -0.481 e. The Balaban J connectivity index is 1.90. The number of carboxylic acids is 1. The van der Waals surface area contributed by atoms with Gasteiger partial charge in [-0.25, -0.2) is 0 Å². The fourth-order valence-electron chi connectivity index (χ4n) is 2.28. The molecule has 1 saturated heterocycles. The predicted molar refractivity (Wildman–Crippen MR) is 60.9 cm³/mol. The molecule has 0 aliphatic carbocycles. The first-order valence-corrected chi connectivity index (χ1v) is 6.15. The van der Waals surface area contributed by atoms with Crippen molar-refractivity contribution in [2.45, 2.75) is 57.9 Å². The normalized spacial score (nSPS) is 25.7. The van der Waals surface area contributed by atoms with Crippen LogP contribution in [0.4, 0.5) is 0 Å². The number of hydrogen-bond donors (Lipinski definition) is 2. The highest BCUT2D eigenvalue weighted by molar-refractivity contribution is 5.66. The second-order valence-electron chi connectivity index (χ2n) is 4.67. The molecule has 1 heterocycles. The van der Waals surface area contributed by atoms with E-state index in [4.69, 9.17) is 5.11 Å². The van der Waals surface area contributed by atoms with Gasteiger partial charge in [-0.1, -0.05) is 26.2 Å². The van der Waals surface area contributed by atoms with Gasteiger partial charge in [0.05, 0.1) is 0 Å². The van der Waals surface area contributed by atoms with Crippen LogP contribution in [0.25, 0.3) is 0 Å². The summed E-state index contributed by atoms with van der Waals surface area (Å²) in [5.74, 6) is 0.158. The van der Waals surface area contributed by atoms with E-state index in [1.54, 1.807) is 0 Å². The lowest BCUT2D eigenvalue weighted by Gasteiger charge is -2.14. The lowest BCUT2D eigenvalue weighted by atomic mass is 9.97. The fraction of sp³-hybridized carbons (Fsp3) is 0.917. The molecule has 0 saturated carbocycles. The van der Waals surface area contributed by atoms with Crippen molar-refractivity contribution in [2.24, 2.45) is 5.92 Å². The van der Waals surface area contributed by atoms with E-state index in [9.17, 15) is 4.79 Å². The van der Waals surface area contributed by atoms with E-state index >= 15 is 0 Å².